The van der Waals surface area contributed by atoms with Gasteiger partial charge in [-0.05, 0) is 44.7 Å². The van der Waals surface area contributed by atoms with E-state index in [0.29, 0.717) is 12.3 Å². The lowest BCUT2D eigenvalue weighted by Crippen LogP contribution is -2.43. The summed E-state index contributed by atoms with van der Waals surface area (Å²) in [5, 5.41) is 3.17. The first-order chi connectivity index (χ1) is 7.34. The van der Waals surface area contributed by atoms with Gasteiger partial charge in [0.25, 0.3) is 0 Å². The average molecular weight is 211 g/mol. The molecule has 0 aromatic rings. The Labute approximate surface area is 91.6 Å². The summed E-state index contributed by atoms with van der Waals surface area (Å²) in [6.45, 7) is 1.97. The van der Waals surface area contributed by atoms with Crippen LogP contribution >= 0.6 is 0 Å². The van der Waals surface area contributed by atoms with Crippen molar-refractivity contribution in [3.63, 3.8) is 0 Å². The van der Waals surface area contributed by atoms with Gasteiger partial charge < -0.3 is 10.1 Å². The summed E-state index contributed by atoms with van der Waals surface area (Å²) in [7, 11) is 0. The van der Waals surface area contributed by atoms with Crippen LogP contribution in [0.5, 0.6) is 0 Å². The summed E-state index contributed by atoms with van der Waals surface area (Å²) < 4.78 is 5.51. The molecule has 1 saturated carbocycles. The van der Waals surface area contributed by atoms with E-state index in [-0.39, 0.29) is 12.1 Å². The second-order valence-corrected chi connectivity index (χ2v) is 4.83. The molecule has 15 heavy (non-hydrogen) atoms. The molecule has 2 rings (SSSR count). The van der Waals surface area contributed by atoms with E-state index in [2.05, 4.69) is 5.32 Å². The van der Waals surface area contributed by atoms with Crippen LogP contribution in [-0.2, 0) is 9.53 Å². The maximum Gasteiger partial charge on any atom is 0.306 e. The van der Waals surface area contributed by atoms with Gasteiger partial charge in [0.2, 0.25) is 0 Å². The molecule has 2 fully saturated rings. The van der Waals surface area contributed by atoms with Crippen molar-refractivity contribution in [2.75, 3.05) is 13.1 Å². The van der Waals surface area contributed by atoms with Gasteiger partial charge in [-0.15, -0.1) is 0 Å². The first-order valence-corrected chi connectivity index (χ1v) is 6.25. The minimum absolute atomic E-state index is 0.0217. The third-order valence-corrected chi connectivity index (χ3v) is 3.42. The van der Waals surface area contributed by atoms with Crippen LogP contribution in [-0.4, -0.2) is 25.2 Å². The van der Waals surface area contributed by atoms with Gasteiger partial charge in [0.15, 0.2) is 0 Å². The van der Waals surface area contributed by atoms with E-state index in [1.54, 1.807) is 0 Å². The Morgan fingerprint density at radius 2 is 1.80 bits per heavy atom. The standard InChI is InChI=1S/C12H21NO2/c14-12(7-10-8-13-9-10)15-11-5-3-1-2-4-6-11/h10-11,13H,1-9H2. The van der Waals surface area contributed by atoms with Crippen LogP contribution in [0.15, 0.2) is 0 Å². The molecule has 0 amide bonds. The number of carbonyl (C=O) groups excluding carboxylic acids is 1. The van der Waals surface area contributed by atoms with E-state index >= 15 is 0 Å². The predicted molar refractivity (Wildman–Crippen MR) is 58.6 cm³/mol. The Balaban J connectivity index is 1.67. The van der Waals surface area contributed by atoms with Crippen LogP contribution in [0, 0.1) is 5.92 Å². The molecule has 1 aliphatic heterocycles. The number of rotatable bonds is 3. The molecule has 2 aliphatic rings. The van der Waals surface area contributed by atoms with E-state index in [0.717, 1.165) is 25.9 Å². The quantitative estimate of drug-likeness (QED) is 0.572. The van der Waals surface area contributed by atoms with Crippen molar-refractivity contribution < 1.29 is 9.53 Å². The maximum atomic E-state index is 11.6. The van der Waals surface area contributed by atoms with Gasteiger partial charge in [-0.2, -0.15) is 0 Å². The molecule has 0 spiro atoms. The molecule has 0 radical (unpaired) electrons. The molecule has 1 saturated heterocycles. The Bertz CT molecular complexity index is 206. The van der Waals surface area contributed by atoms with Crippen LogP contribution in [0.2, 0.25) is 0 Å². The monoisotopic (exact) mass is 211 g/mol. The molecule has 1 N–H and O–H groups in total. The molecule has 0 unspecified atom stereocenters. The molecular formula is C12H21NO2. The Kier molecular flexibility index (Phi) is 4.01. The minimum atomic E-state index is 0.0217. The zero-order chi connectivity index (χ0) is 10.5. The van der Waals surface area contributed by atoms with Crippen molar-refractivity contribution >= 4 is 5.97 Å². The number of hydrogen-bond donors (Lipinski definition) is 1. The number of nitrogens with one attached hydrogen (secondary N) is 1. The van der Waals surface area contributed by atoms with Crippen molar-refractivity contribution in [3.05, 3.63) is 0 Å². The van der Waals surface area contributed by atoms with Crippen molar-refractivity contribution in [2.24, 2.45) is 5.92 Å². The van der Waals surface area contributed by atoms with E-state index in [4.69, 9.17) is 4.74 Å². The number of esters is 1. The molecule has 1 heterocycles. The van der Waals surface area contributed by atoms with Gasteiger partial charge in [-0.1, -0.05) is 12.8 Å². The molecule has 86 valence electrons. The zero-order valence-electron chi connectivity index (χ0n) is 9.34. The fourth-order valence-corrected chi connectivity index (χ4v) is 2.32. The predicted octanol–water partition coefficient (Wildman–Crippen LogP) is 1.86. The first-order valence-electron chi connectivity index (χ1n) is 6.25. The van der Waals surface area contributed by atoms with E-state index in [1.807, 2.05) is 0 Å². The van der Waals surface area contributed by atoms with Gasteiger partial charge >= 0.3 is 5.97 Å². The lowest BCUT2D eigenvalue weighted by atomic mass is 10.00. The third kappa shape index (κ3) is 3.49. The smallest absolute Gasteiger partial charge is 0.306 e. The highest BCUT2D eigenvalue weighted by Gasteiger charge is 2.23. The largest absolute Gasteiger partial charge is 0.462 e. The van der Waals surface area contributed by atoms with Gasteiger partial charge in [-0.3, -0.25) is 4.79 Å². The number of ether oxygens (including phenoxy) is 1. The van der Waals surface area contributed by atoms with Crippen LogP contribution in [0.25, 0.3) is 0 Å². The topological polar surface area (TPSA) is 38.3 Å². The average Bonchev–Trinajstić information content (AvgIpc) is 2.40. The summed E-state index contributed by atoms with van der Waals surface area (Å²) in [6, 6.07) is 0. The van der Waals surface area contributed by atoms with Gasteiger partial charge in [-0.25, -0.2) is 0 Å². The summed E-state index contributed by atoms with van der Waals surface area (Å²) in [5.74, 6) is 0.552. The molecule has 3 heteroatoms. The van der Waals surface area contributed by atoms with Gasteiger partial charge in [0.1, 0.15) is 6.10 Å². The van der Waals surface area contributed by atoms with Crippen molar-refractivity contribution in [1.29, 1.82) is 0 Å². The van der Waals surface area contributed by atoms with Crippen molar-refractivity contribution in [2.45, 2.75) is 51.0 Å². The Hall–Kier alpha value is -0.570. The van der Waals surface area contributed by atoms with Crippen molar-refractivity contribution in [1.82, 2.24) is 5.32 Å². The summed E-state index contributed by atoms with van der Waals surface area (Å²) in [5.41, 5.74) is 0. The zero-order valence-corrected chi connectivity index (χ0v) is 9.34. The van der Waals surface area contributed by atoms with Crippen LogP contribution in [0.1, 0.15) is 44.9 Å². The normalized spacial score (nSPS) is 24.3. The fourth-order valence-electron chi connectivity index (χ4n) is 2.32. The lowest BCUT2D eigenvalue weighted by molar-refractivity contribution is -0.151. The summed E-state index contributed by atoms with van der Waals surface area (Å²) in [4.78, 5) is 11.6. The second-order valence-electron chi connectivity index (χ2n) is 4.83. The molecule has 0 aromatic heterocycles. The molecule has 3 nitrogen and oxygen atoms in total. The second kappa shape index (κ2) is 5.50. The molecule has 0 bridgehead atoms. The minimum Gasteiger partial charge on any atom is -0.462 e. The summed E-state index contributed by atoms with van der Waals surface area (Å²) in [6.07, 6.45) is 8.05. The SMILES string of the molecule is O=C(CC1CNC1)OC1CCCCCC1. The van der Waals surface area contributed by atoms with Gasteiger partial charge in [0.05, 0.1) is 6.42 Å². The molecule has 0 aromatic carbocycles. The Morgan fingerprint density at radius 1 is 1.13 bits per heavy atom. The number of hydrogen-bond acceptors (Lipinski definition) is 3. The highest BCUT2D eigenvalue weighted by atomic mass is 16.5. The third-order valence-electron chi connectivity index (χ3n) is 3.42. The molecule has 1 aliphatic carbocycles. The van der Waals surface area contributed by atoms with E-state index < -0.39 is 0 Å². The maximum absolute atomic E-state index is 11.6. The van der Waals surface area contributed by atoms with Crippen molar-refractivity contribution in [3.8, 4) is 0 Å². The van der Waals surface area contributed by atoms with Crippen LogP contribution in [0.4, 0.5) is 0 Å². The molecular weight excluding hydrogens is 190 g/mol. The summed E-state index contributed by atoms with van der Waals surface area (Å²) >= 11 is 0. The fraction of sp³-hybridized carbons (Fsp3) is 0.917. The van der Waals surface area contributed by atoms with E-state index in [1.165, 1.54) is 25.7 Å². The van der Waals surface area contributed by atoms with E-state index in [9.17, 15) is 4.79 Å². The Morgan fingerprint density at radius 3 is 2.33 bits per heavy atom. The highest BCUT2D eigenvalue weighted by Crippen LogP contribution is 2.21. The van der Waals surface area contributed by atoms with Gasteiger partial charge in [0, 0.05) is 0 Å². The lowest BCUT2D eigenvalue weighted by Gasteiger charge is -2.26. The number of carbonyl (C=O) groups is 1. The van der Waals surface area contributed by atoms with Crippen LogP contribution in [0.3, 0.4) is 0 Å². The highest BCUT2D eigenvalue weighted by molar-refractivity contribution is 5.70. The first kappa shape index (κ1) is 10.9. The van der Waals surface area contributed by atoms with Crippen LogP contribution < -0.4 is 5.32 Å². The molecule has 0 atom stereocenters.